The molecule has 0 unspecified atom stereocenters. The van der Waals surface area contributed by atoms with Crippen LogP contribution in [0.2, 0.25) is 0 Å². The van der Waals surface area contributed by atoms with Crippen molar-refractivity contribution < 1.29 is 14.3 Å². The van der Waals surface area contributed by atoms with Gasteiger partial charge in [0, 0.05) is 13.1 Å². The molecule has 0 spiro atoms. The molecular weight excluding hydrogens is 268 g/mol. The Bertz CT molecular complexity index is 657. The van der Waals surface area contributed by atoms with Crippen molar-refractivity contribution >= 4 is 23.1 Å². The molecule has 0 saturated heterocycles. The Hall–Kier alpha value is -2.04. The molecule has 3 rings (SSSR count). The zero-order valence-corrected chi connectivity index (χ0v) is 12.4. The summed E-state index contributed by atoms with van der Waals surface area (Å²) in [4.78, 5) is 17.6. The van der Waals surface area contributed by atoms with Crippen molar-refractivity contribution in [2.24, 2.45) is 5.92 Å². The lowest BCUT2D eigenvalue weighted by atomic mass is 9.87. The van der Waals surface area contributed by atoms with Gasteiger partial charge in [-0.15, -0.1) is 0 Å². The Labute approximate surface area is 123 Å². The van der Waals surface area contributed by atoms with E-state index in [0.717, 1.165) is 18.8 Å². The number of oxazole rings is 1. The molecule has 1 fully saturated rings. The summed E-state index contributed by atoms with van der Waals surface area (Å²) in [7, 11) is 2.00. The Balaban J connectivity index is 1.85. The third-order valence-electron chi connectivity index (χ3n) is 4.46. The highest BCUT2D eigenvalue weighted by Crippen LogP contribution is 2.30. The first kappa shape index (κ1) is 13.9. The van der Waals surface area contributed by atoms with Crippen LogP contribution in [0.1, 0.15) is 43.0 Å². The monoisotopic (exact) mass is 288 g/mol. The van der Waals surface area contributed by atoms with E-state index >= 15 is 0 Å². The quantitative estimate of drug-likeness (QED) is 0.935. The van der Waals surface area contributed by atoms with E-state index < -0.39 is 5.97 Å². The molecule has 2 aromatic rings. The summed E-state index contributed by atoms with van der Waals surface area (Å²) >= 11 is 0. The summed E-state index contributed by atoms with van der Waals surface area (Å²) < 4.78 is 5.75. The van der Waals surface area contributed by atoms with E-state index in [1.165, 1.54) is 18.9 Å². The van der Waals surface area contributed by atoms with E-state index in [4.69, 9.17) is 9.52 Å². The van der Waals surface area contributed by atoms with Crippen LogP contribution in [-0.4, -0.2) is 29.1 Å². The second kappa shape index (κ2) is 5.39. The molecule has 0 atom stereocenters. The first-order valence-electron chi connectivity index (χ1n) is 7.41. The first-order valence-corrected chi connectivity index (χ1v) is 7.41. The number of aromatic nitrogens is 1. The van der Waals surface area contributed by atoms with Gasteiger partial charge >= 0.3 is 5.97 Å². The summed E-state index contributed by atoms with van der Waals surface area (Å²) in [5.41, 5.74) is 1.45. The second-order valence-electron chi connectivity index (χ2n) is 6.01. The fourth-order valence-electron chi connectivity index (χ4n) is 2.98. The molecule has 5 nitrogen and oxygen atoms in total. The lowest BCUT2D eigenvalue weighted by Gasteiger charge is -2.32. The molecular formula is C16H20N2O3. The van der Waals surface area contributed by atoms with E-state index in [1.807, 2.05) is 7.05 Å². The maximum atomic E-state index is 11.0. The number of carbonyl (C=O) groups is 1. The predicted molar refractivity (Wildman–Crippen MR) is 80.8 cm³/mol. The number of rotatable bonds is 3. The molecule has 0 bridgehead atoms. The normalized spacial score (nSPS) is 22.4. The maximum Gasteiger partial charge on any atom is 0.335 e. The fourth-order valence-corrected chi connectivity index (χ4v) is 2.98. The van der Waals surface area contributed by atoms with Gasteiger partial charge in [0.05, 0.1) is 5.56 Å². The molecule has 0 amide bonds. The van der Waals surface area contributed by atoms with Crippen LogP contribution < -0.4 is 4.90 Å². The number of hydrogen-bond acceptors (Lipinski definition) is 4. The Morgan fingerprint density at radius 1 is 1.33 bits per heavy atom. The molecule has 1 heterocycles. The van der Waals surface area contributed by atoms with Crippen molar-refractivity contribution in [2.45, 2.75) is 38.6 Å². The highest BCUT2D eigenvalue weighted by atomic mass is 16.4. The third-order valence-corrected chi connectivity index (χ3v) is 4.46. The van der Waals surface area contributed by atoms with Gasteiger partial charge < -0.3 is 14.4 Å². The molecule has 1 aromatic heterocycles. The topological polar surface area (TPSA) is 66.6 Å². The van der Waals surface area contributed by atoms with Gasteiger partial charge in [0.2, 0.25) is 0 Å². The van der Waals surface area contributed by atoms with Gasteiger partial charge in [-0.05, 0) is 49.8 Å². The summed E-state index contributed by atoms with van der Waals surface area (Å²) in [6.07, 6.45) is 4.77. The molecule has 1 aliphatic rings. The van der Waals surface area contributed by atoms with E-state index in [1.54, 1.807) is 12.1 Å². The van der Waals surface area contributed by atoms with Crippen LogP contribution in [0, 0.1) is 5.92 Å². The van der Waals surface area contributed by atoms with Crippen molar-refractivity contribution in [1.29, 1.82) is 0 Å². The minimum atomic E-state index is -0.954. The molecule has 112 valence electrons. The minimum absolute atomic E-state index is 0.222. The third kappa shape index (κ3) is 2.73. The molecule has 1 saturated carbocycles. The number of nitrogens with zero attached hydrogens (tertiary/aromatic N) is 2. The zero-order valence-electron chi connectivity index (χ0n) is 12.4. The number of hydrogen-bond donors (Lipinski definition) is 1. The Morgan fingerprint density at radius 2 is 2.05 bits per heavy atom. The molecule has 5 heteroatoms. The largest absolute Gasteiger partial charge is 0.478 e. The van der Waals surface area contributed by atoms with Crippen LogP contribution in [0.15, 0.2) is 22.6 Å². The average molecular weight is 288 g/mol. The van der Waals surface area contributed by atoms with Gasteiger partial charge in [-0.3, -0.25) is 0 Å². The van der Waals surface area contributed by atoms with Gasteiger partial charge in [0.25, 0.3) is 6.01 Å². The van der Waals surface area contributed by atoms with Gasteiger partial charge in [0.1, 0.15) is 5.52 Å². The van der Waals surface area contributed by atoms with E-state index in [2.05, 4.69) is 16.8 Å². The number of benzene rings is 1. The van der Waals surface area contributed by atoms with Crippen LogP contribution >= 0.6 is 0 Å². The van der Waals surface area contributed by atoms with E-state index in [0.29, 0.717) is 23.2 Å². The molecule has 1 aliphatic carbocycles. The molecule has 21 heavy (non-hydrogen) atoms. The first-order chi connectivity index (χ1) is 10.0. The maximum absolute atomic E-state index is 11.0. The highest BCUT2D eigenvalue weighted by Gasteiger charge is 2.24. The van der Waals surface area contributed by atoms with Crippen LogP contribution in [0.3, 0.4) is 0 Å². The molecule has 1 aromatic carbocycles. The van der Waals surface area contributed by atoms with Crippen LogP contribution in [0.25, 0.3) is 11.1 Å². The van der Waals surface area contributed by atoms with Crippen molar-refractivity contribution in [3.8, 4) is 0 Å². The van der Waals surface area contributed by atoms with Crippen LogP contribution in [0.4, 0.5) is 6.01 Å². The van der Waals surface area contributed by atoms with Gasteiger partial charge in [-0.1, -0.05) is 6.92 Å². The summed E-state index contributed by atoms with van der Waals surface area (Å²) in [5, 5.41) is 9.02. The van der Waals surface area contributed by atoms with Crippen LogP contribution in [-0.2, 0) is 0 Å². The van der Waals surface area contributed by atoms with Gasteiger partial charge in [-0.2, -0.15) is 4.98 Å². The van der Waals surface area contributed by atoms with E-state index in [-0.39, 0.29) is 5.56 Å². The summed E-state index contributed by atoms with van der Waals surface area (Å²) in [6, 6.07) is 5.81. The smallest absolute Gasteiger partial charge is 0.335 e. The zero-order chi connectivity index (χ0) is 15.0. The van der Waals surface area contributed by atoms with Crippen molar-refractivity contribution in [3.05, 3.63) is 23.8 Å². The van der Waals surface area contributed by atoms with Crippen molar-refractivity contribution in [2.75, 3.05) is 11.9 Å². The molecule has 0 aliphatic heterocycles. The SMILES string of the molecule is CC1CCC(N(C)c2nc3ccc(C(=O)O)cc3o2)CC1. The standard InChI is InChI=1S/C16H20N2O3/c1-10-3-6-12(7-4-10)18(2)16-17-13-8-5-11(15(19)20)9-14(13)21-16/h5,8-10,12H,3-4,6-7H2,1-2H3,(H,19,20). The summed E-state index contributed by atoms with van der Waals surface area (Å²) in [5.74, 6) is -0.152. The lowest BCUT2D eigenvalue weighted by Crippen LogP contribution is -2.34. The minimum Gasteiger partial charge on any atom is -0.478 e. The Morgan fingerprint density at radius 3 is 2.71 bits per heavy atom. The fraction of sp³-hybridized carbons (Fsp3) is 0.500. The molecule has 0 radical (unpaired) electrons. The number of fused-ring (bicyclic) bond motifs is 1. The number of aromatic carboxylic acids is 1. The van der Waals surface area contributed by atoms with Crippen molar-refractivity contribution in [3.63, 3.8) is 0 Å². The van der Waals surface area contributed by atoms with E-state index in [9.17, 15) is 4.79 Å². The Kier molecular flexibility index (Phi) is 3.57. The predicted octanol–water partition coefficient (Wildman–Crippen LogP) is 3.54. The van der Waals surface area contributed by atoms with Crippen LogP contribution in [0.5, 0.6) is 0 Å². The van der Waals surface area contributed by atoms with Gasteiger partial charge in [-0.25, -0.2) is 4.79 Å². The number of carboxylic acids is 1. The lowest BCUT2D eigenvalue weighted by molar-refractivity contribution is 0.0697. The highest BCUT2D eigenvalue weighted by molar-refractivity contribution is 5.92. The molecule has 1 N–H and O–H groups in total. The summed E-state index contributed by atoms with van der Waals surface area (Å²) in [6.45, 7) is 2.29. The number of carboxylic acid groups (broad SMARTS) is 1. The average Bonchev–Trinajstić information content (AvgIpc) is 2.90. The van der Waals surface area contributed by atoms with Gasteiger partial charge in [0.15, 0.2) is 5.58 Å². The second-order valence-corrected chi connectivity index (χ2v) is 6.01. The number of anilines is 1. The van der Waals surface area contributed by atoms with Crippen molar-refractivity contribution in [1.82, 2.24) is 4.98 Å².